The standard InChI is InChI=1S/C23H23NO5/c1-14-6-8-21(27-3)17(10-14)19-12-16(24(25)26)13-20(23(19)29-5)18-11-15(2)7-9-22(18)28-4/h6-13H,1-5H3. The maximum atomic E-state index is 11.7. The highest BCUT2D eigenvalue weighted by molar-refractivity contribution is 5.89. The Bertz CT molecular complexity index is 1000. The number of ether oxygens (including phenoxy) is 3. The lowest BCUT2D eigenvalue weighted by atomic mass is 9.93. The van der Waals surface area contributed by atoms with E-state index in [4.69, 9.17) is 14.2 Å². The molecule has 0 aliphatic rings. The summed E-state index contributed by atoms with van der Waals surface area (Å²) < 4.78 is 16.8. The van der Waals surface area contributed by atoms with Gasteiger partial charge in [0.2, 0.25) is 0 Å². The first-order valence-electron chi connectivity index (χ1n) is 9.06. The number of nitro groups is 1. The molecule has 0 fully saturated rings. The highest BCUT2D eigenvalue weighted by Crippen LogP contribution is 2.47. The Labute approximate surface area is 169 Å². The Balaban J connectivity index is 2.42. The first-order valence-corrected chi connectivity index (χ1v) is 9.06. The van der Waals surface area contributed by atoms with Crippen molar-refractivity contribution in [1.29, 1.82) is 0 Å². The third-order valence-electron chi connectivity index (χ3n) is 4.78. The molecule has 0 saturated heterocycles. The van der Waals surface area contributed by atoms with E-state index in [0.717, 1.165) is 22.3 Å². The van der Waals surface area contributed by atoms with Crippen molar-refractivity contribution in [1.82, 2.24) is 0 Å². The van der Waals surface area contributed by atoms with Crippen LogP contribution < -0.4 is 14.2 Å². The first kappa shape index (κ1) is 20.2. The van der Waals surface area contributed by atoms with Crippen LogP contribution in [0.2, 0.25) is 0 Å². The molecular weight excluding hydrogens is 370 g/mol. The van der Waals surface area contributed by atoms with Crippen LogP contribution in [0.1, 0.15) is 11.1 Å². The Kier molecular flexibility index (Phi) is 5.73. The molecule has 6 heteroatoms. The summed E-state index contributed by atoms with van der Waals surface area (Å²) in [5, 5.41) is 11.7. The third-order valence-corrected chi connectivity index (χ3v) is 4.78. The molecule has 0 aromatic heterocycles. The molecule has 29 heavy (non-hydrogen) atoms. The monoisotopic (exact) mass is 393 g/mol. The SMILES string of the molecule is COc1ccc(C)cc1-c1cc([N+](=O)[O-])cc(-c2cc(C)ccc2OC)c1OC. The number of aryl methyl sites for hydroxylation is 2. The van der Waals surface area contributed by atoms with Crippen molar-refractivity contribution in [3.8, 4) is 39.5 Å². The minimum absolute atomic E-state index is 0.0390. The van der Waals surface area contributed by atoms with Gasteiger partial charge in [0, 0.05) is 34.4 Å². The topological polar surface area (TPSA) is 70.8 Å². The summed E-state index contributed by atoms with van der Waals surface area (Å²) in [5.41, 5.74) is 4.58. The average Bonchev–Trinajstić information content (AvgIpc) is 2.72. The fourth-order valence-electron chi connectivity index (χ4n) is 3.40. The van der Waals surface area contributed by atoms with Gasteiger partial charge in [0.1, 0.15) is 17.2 Å². The number of rotatable bonds is 6. The summed E-state index contributed by atoms with van der Waals surface area (Å²) in [4.78, 5) is 11.3. The third kappa shape index (κ3) is 3.87. The lowest BCUT2D eigenvalue weighted by Gasteiger charge is -2.18. The average molecular weight is 393 g/mol. The number of hydrogen-bond donors (Lipinski definition) is 0. The smallest absolute Gasteiger partial charge is 0.270 e. The molecule has 0 N–H and O–H groups in total. The number of benzene rings is 3. The van der Waals surface area contributed by atoms with E-state index in [9.17, 15) is 10.1 Å². The summed E-state index contributed by atoms with van der Waals surface area (Å²) in [7, 11) is 4.70. The van der Waals surface area contributed by atoms with Crippen LogP contribution in [0.5, 0.6) is 17.2 Å². The maximum absolute atomic E-state index is 11.7. The van der Waals surface area contributed by atoms with E-state index in [0.29, 0.717) is 28.4 Å². The van der Waals surface area contributed by atoms with E-state index in [1.165, 1.54) is 12.1 Å². The zero-order valence-electron chi connectivity index (χ0n) is 17.1. The van der Waals surface area contributed by atoms with E-state index >= 15 is 0 Å². The van der Waals surface area contributed by atoms with Crippen LogP contribution in [0.25, 0.3) is 22.3 Å². The predicted octanol–water partition coefficient (Wildman–Crippen LogP) is 5.57. The molecule has 0 heterocycles. The molecule has 0 aliphatic heterocycles. The molecule has 0 amide bonds. The molecule has 0 spiro atoms. The Morgan fingerprint density at radius 2 is 1.14 bits per heavy atom. The number of nitrogens with zero attached hydrogens (tertiary/aromatic N) is 1. The predicted molar refractivity (Wildman–Crippen MR) is 113 cm³/mol. The van der Waals surface area contributed by atoms with Gasteiger partial charge in [0.15, 0.2) is 0 Å². The van der Waals surface area contributed by atoms with Crippen LogP contribution in [-0.4, -0.2) is 26.3 Å². The van der Waals surface area contributed by atoms with E-state index in [1.54, 1.807) is 21.3 Å². The molecular formula is C23H23NO5. The van der Waals surface area contributed by atoms with Crippen molar-refractivity contribution in [2.24, 2.45) is 0 Å². The van der Waals surface area contributed by atoms with Crippen molar-refractivity contribution >= 4 is 5.69 Å². The molecule has 3 aromatic rings. The van der Waals surface area contributed by atoms with Gasteiger partial charge in [-0.2, -0.15) is 0 Å². The molecule has 3 aromatic carbocycles. The molecule has 3 rings (SSSR count). The lowest BCUT2D eigenvalue weighted by Crippen LogP contribution is -1.99. The highest BCUT2D eigenvalue weighted by atomic mass is 16.6. The van der Waals surface area contributed by atoms with E-state index in [-0.39, 0.29) is 5.69 Å². The van der Waals surface area contributed by atoms with Gasteiger partial charge in [0.25, 0.3) is 5.69 Å². The molecule has 6 nitrogen and oxygen atoms in total. The van der Waals surface area contributed by atoms with Gasteiger partial charge in [-0.15, -0.1) is 0 Å². The summed E-state index contributed by atoms with van der Waals surface area (Å²) in [5.74, 6) is 1.73. The van der Waals surface area contributed by atoms with Crippen LogP contribution in [0.3, 0.4) is 0 Å². The van der Waals surface area contributed by atoms with Gasteiger partial charge < -0.3 is 14.2 Å². The summed E-state index contributed by atoms with van der Waals surface area (Å²) in [6, 6.07) is 14.4. The van der Waals surface area contributed by atoms with Crippen molar-refractivity contribution in [2.75, 3.05) is 21.3 Å². The van der Waals surface area contributed by atoms with Crippen molar-refractivity contribution < 1.29 is 19.1 Å². The lowest BCUT2D eigenvalue weighted by molar-refractivity contribution is -0.384. The summed E-state index contributed by atoms with van der Waals surface area (Å²) in [6.45, 7) is 3.91. The van der Waals surface area contributed by atoms with Gasteiger partial charge in [-0.25, -0.2) is 0 Å². The van der Waals surface area contributed by atoms with Crippen LogP contribution in [-0.2, 0) is 0 Å². The fraction of sp³-hybridized carbons (Fsp3) is 0.217. The van der Waals surface area contributed by atoms with Gasteiger partial charge in [-0.1, -0.05) is 23.3 Å². The molecule has 0 unspecified atom stereocenters. The minimum atomic E-state index is -0.406. The minimum Gasteiger partial charge on any atom is -0.496 e. The largest absolute Gasteiger partial charge is 0.496 e. The van der Waals surface area contributed by atoms with Crippen LogP contribution in [0.15, 0.2) is 48.5 Å². The molecule has 0 saturated carbocycles. The highest BCUT2D eigenvalue weighted by Gasteiger charge is 2.23. The second kappa shape index (κ2) is 8.22. The Morgan fingerprint density at radius 3 is 1.48 bits per heavy atom. The van der Waals surface area contributed by atoms with Gasteiger partial charge in [-0.3, -0.25) is 10.1 Å². The van der Waals surface area contributed by atoms with Crippen LogP contribution >= 0.6 is 0 Å². The fourth-order valence-corrected chi connectivity index (χ4v) is 3.40. The molecule has 0 atom stereocenters. The quantitative estimate of drug-likeness (QED) is 0.404. The molecule has 150 valence electrons. The second-order valence-electron chi connectivity index (χ2n) is 6.74. The van der Waals surface area contributed by atoms with Crippen LogP contribution in [0.4, 0.5) is 5.69 Å². The molecule has 0 aliphatic carbocycles. The van der Waals surface area contributed by atoms with Crippen molar-refractivity contribution in [2.45, 2.75) is 13.8 Å². The van der Waals surface area contributed by atoms with E-state index in [2.05, 4.69) is 0 Å². The second-order valence-corrected chi connectivity index (χ2v) is 6.74. The zero-order valence-corrected chi connectivity index (χ0v) is 17.1. The zero-order chi connectivity index (χ0) is 21.1. The molecule has 0 bridgehead atoms. The normalized spacial score (nSPS) is 10.5. The van der Waals surface area contributed by atoms with Gasteiger partial charge in [-0.05, 0) is 38.1 Å². The van der Waals surface area contributed by atoms with Crippen LogP contribution in [0, 0.1) is 24.0 Å². The van der Waals surface area contributed by atoms with Crippen molar-refractivity contribution in [3.05, 3.63) is 69.8 Å². The maximum Gasteiger partial charge on any atom is 0.270 e. The first-order chi connectivity index (χ1) is 13.9. The van der Waals surface area contributed by atoms with Crippen molar-refractivity contribution in [3.63, 3.8) is 0 Å². The summed E-state index contributed by atoms with van der Waals surface area (Å²) >= 11 is 0. The molecule has 0 radical (unpaired) electrons. The Morgan fingerprint density at radius 1 is 0.690 bits per heavy atom. The van der Waals surface area contributed by atoms with Gasteiger partial charge in [0.05, 0.1) is 26.3 Å². The van der Waals surface area contributed by atoms with Gasteiger partial charge >= 0.3 is 0 Å². The summed E-state index contributed by atoms with van der Waals surface area (Å²) in [6.07, 6.45) is 0. The van der Waals surface area contributed by atoms with E-state index in [1.807, 2.05) is 50.2 Å². The number of non-ortho nitro benzene ring substituents is 1. The number of methoxy groups -OCH3 is 3. The van der Waals surface area contributed by atoms with E-state index < -0.39 is 4.92 Å². The Hall–Kier alpha value is -3.54. The number of nitro benzene ring substituents is 1. The number of hydrogen-bond acceptors (Lipinski definition) is 5.